The lowest BCUT2D eigenvalue weighted by atomic mass is 10.2. The molecule has 5 heteroatoms. The van der Waals surface area contributed by atoms with Crippen LogP contribution in [0.1, 0.15) is 5.56 Å². The van der Waals surface area contributed by atoms with Crippen molar-refractivity contribution in [1.82, 2.24) is 4.90 Å². The Kier molecular flexibility index (Phi) is 7.04. The summed E-state index contributed by atoms with van der Waals surface area (Å²) in [6, 6.07) is 4.92. The molecule has 0 aliphatic carbocycles. The number of nitrogens with zero attached hydrogens (tertiary/aromatic N) is 1. The van der Waals surface area contributed by atoms with Crippen LogP contribution in [0, 0.1) is 5.82 Å². The minimum atomic E-state index is -0.366. The summed E-state index contributed by atoms with van der Waals surface area (Å²) in [5.41, 5.74) is 0.920. The Labute approximate surface area is 115 Å². The van der Waals surface area contributed by atoms with Crippen LogP contribution in [0.3, 0.4) is 0 Å². The summed E-state index contributed by atoms with van der Waals surface area (Å²) in [6.45, 7) is 3.09. The third-order valence-corrected chi connectivity index (χ3v) is 3.06. The number of halogens is 3. The van der Waals surface area contributed by atoms with E-state index in [9.17, 15) is 4.39 Å². The molecule has 2 nitrogen and oxygen atoms in total. The van der Waals surface area contributed by atoms with Crippen molar-refractivity contribution in [2.24, 2.45) is 0 Å². The van der Waals surface area contributed by atoms with E-state index in [0.717, 1.165) is 24.0 Å². The van der Waals surface area contributed by atoms with E-state index in [-0.39, 0.29) is 10.8 Å². The zero-order valence-electron chi connectivity index (χ0n) is 9.76. The van der Waals surface area contributed by atoms with Crippen molar-refractivity contribution in [3.8, 4) is 0 Å². The van der Waals surface area contributed by atoms with Crippen LogP contribution in [0.4, 0.5) is 4.39 Å². The molecule has 96 valence electrons. The molecule has 0 amide bonds. The lowest BCUT2D eigenvalue weighted by molar-refractivity contribution is 0.148. The molecule has 0 fully saturated rings. The summed E-state index contributed by atoms with van der Waals surface area (Å²) < 4.78 is 18.3. The van der Waals surface area contributed by atoms with Gasteiger partial charge in [0.2, 0.25) is 0 Å². The summed E-state index contributed by atoms with van der Waals surface area (Å²) in [4.78, 5) is 2.20. The average Bonchev–Trinajstić information content (AvgIpc) is 2.31. The molecule has 0 aromatic heterocycles. The lowest BCUT2D eigenvalue weighted by Crippen LogP contribution is -2.28. The third-order valence-electron chi connectivity index (χ3n) is 2.40. The predicted octanol–water partition coefficient (Wildman–Crippen LogP) is 3.32. The van der Waals surface area contributed by atoms with Crippen molar-refractivity contribution in [1.29, 1.82) is 0 Å². The number of methoxy groups -OCH3 is 1. The van der Waals surface area contributed by atoms with Crippen molar-refractivity contribution in [2.45, 2.75) is 6.54 Å². The Morgan fingerprint density at radius 2 is 2.18 bits per heavy atom. The molecule has 0 atom stereocenters. The summed E-state index contributed by atoms with van der Waals surface area (Å²) in [7, 11) is 1.67. The quantitative estimate of drug-likeness (QED) is 0.713. The Morgan fingerprint density at radius 3 is 2.76 bits per heavy atom. The molecule has 17 heavy (non-hydrogen) atoms. The Balaban J connectivity index is 2.61. The van der Waals surface area contributed by atoms with Gasteiger partial charge in [-0.1, -0.05) is 33.6 Å². The van der Waals surface area contributed by atoms with Gasteiger partial charge in [-0.15, -0.1) is 0 Å². The first-order valence-electron chi connectivity index (χ1n) is 5.38. The fourth-order valence-corrected chi connectivity index (χ4v) is 2.13. The number of benzene rings is 1. The summed E-state index contributed by atoms with van der Waals surface area (Å²) in [5.74, 6) is -0.366. The second-order valence-corrected chi connectivity index (χ2v) is 4.91. The van der Waals surface area contributed by atoms with Crippen LogP contribution in [-0.2, 0) is 11.3 Å². The van der Waals surface area contributed by atoms with Gasteiger partial charge in [0.1, 0.15) is 5.82 Å². The van der Waals surface area contributed by atoms with E-state index in [1.165, 1.54) is 6.07 Å². The molecule has 0 N–H and O–H groups in total. The van der Waals surface area contributed by atoms with Crippen LogP contribution in [0.15, 0.2) is 18.2 Å². The molecule has 0 unspecified atom stereocenters. The van der Waals surface area contributed by atoms with Crippen molar-refractivity contribution < 1.29 is 9.13 Å². The summed E-state index contributed by atoms with van der Waals surface area (Å²) in [5, 5.41) is 1.05. The highest BCUT2D eigenvalue weighted by atomic mass is 79.9. The van der Waals surface area contributed by atoms with Gasteiger partial charge in [-0.05, 0) is 17.7 Å². The molecule has 0 saturated heterocycles. The smallest absolute Gasteiger partial charge is 0.142 e. The van der Waals surface area contributed by atoms with E-state index in [0.29, 0.717) is 13.2 Å². The van der Waals surface area contributed by atoms with Crippen molar-refractivity contribution in [3.63, 3.8) is 0 Å². The molecule has 1 rings (SSSR count). The number of alkyl halides is 1. The molecule has 0 aliphatic heterocycles. The largest absolute Gasteiger partial charge is 0.383 e. The van der Waals surface area contributed by atoms with Gasteiger partial charge in [0.25, 0.3) is 0 Å². The maximum absolute atomic E-state index is 13.3. The lowest BCUT2D eigenvalue weighted by Gasteiger charge is -2.21. The Morgan fingerprint density at radius 1 is 1.41 bits per heavy atom. The molecule has 0 aliphatic rings. The van der Waals surface area contributed by atoms with E-state index >= 15 is 0 Å². The monoisotopic (exact) mass is 323 g/mol. The number of rotatable bonds is 7. The molecule has 0 radical (unpaired) electrons. The molecule has 1 aromatic rings. The minimum absolute atomic E-state index is 0.165. The van der Waals surface area contributed by atoms with Gasteiger partial charge in [0.15, 0.2) is 0 Å². The number of hydrogen-bond acceptors (Lipinski definition) is 2. The van der Waals surface area contributed by atoms with Gasteiger partial charge >= 0.3 is 0 Å². The van der Waals surface area contributed by atoms with E-state index in [4.69, 9.17) is 16.3 Å². The van der Waals surface area contributed by atoms with Crippen LogP contribution >= 0.6 is 27.5 Å². The van der Waals surface area contributed by atoms with Crippen molar-refractivity contribution in [3.05, 3.63) is 34.6 Å². The molecule has 0 bridgehead atoms. The van der Waals surface area contributed by atoms with Crippen molar-refractivity contribution in [2.75, 3.05) is 32.1 Å². The first-order chi connectivity index (χ1) is 8.17. The van der Waals surface area contributed by atoms with Crippen LogP contribution in [-0.4, -0.2) is 37.0 Å². The first-order valence-corrected chi connectivity index (χ1v) is 6.88. The van der Waals surface area contributed by atoms with E-state index in [1.807, 2.05) is 6.07 Å². The van der Waals surface area contributed by atoms with Gasteiger partial charge in [0, 0.05) is 32.1 Å². The van der Waals surface area contributed by atoms with E-state index < -0.39 is 0 Å². The SMILES string of the molecule is COCCN(CCBr)Cc1ccc(Cl)c(F)c1. The molecular formula is C12H16BrClFNO. The standard InChI is InChI=1S/C12H16BrClFNO/c1-17-7-6-16(5-4-13)9-10-2-3-11(14)12(15)8-10/h2-3,8H,4-7,9H2,1H3. The van der Waals surface area contributed by atoms with Crippen LogP contribution in [0.25, 0.3) is 0 Å². The third kappa shape index (κ3) is 5.34. The molecule has 0 spiro atoms. The zero-order valence-corrected chi connectivity index (χ0v) is 12.1. The number of hydrogen-bond donors (Lipinski definition) is 0. The second-order valence-electron chi connectivity index (χ2n) is 3.71. The van der Waals surface area contributed by atoms with Gasteiger partial charge in [-0.3, -0.25) is 4.90 Å². The van der Waals surface area contributed by atoms with Crippen LogP contribution < -0.4 is 0 Å². The van der Waals surface area contributed by atoms with Crippen molar-refractivity contribution >= 4 is 27.5 Å². The minimum Gasteiger partial charge on any atom is -0.383 e. The van der Waals surface area contributed by atoms with Gasteiger partial charge < -0.3 is 4.74 Å². The Hall–Kier alpha value is -0.160. The highest BCUT2D eigenvalue weighted by Gasteiger charge is 2.07. The molecule has 0 saturated carbocycles. The normalized spacial score (nSPS) is 11.1. The molecular weight excluding hydrogens is 308 g/mol. The highest BCUT2D eigenvalue weighted by Crippen LogP contribution is 2.16. The fourth-order valence-electron chi connectivity index (χ4n) is 1.51. The number of ether oxygens (including phenoxy) is 1. The molecule has 0 heterocycles. The maximum atomic E-state index is 13.3. The van der Waals surface area contributed by atoms with Crippen LogP contribution in [0.2, 0.25) is 5.02 Å². The van der Waals surface area contributed by atoms with Gasteiger partial charge in [0.05, 0.1) is 11.6 Å². The topological polar surface area (TPSA) is 12.5 Å². The Bertz CT molecular complexity index is 351. The first kappa shape index (κ1) is 14.9. The fraction of sp³-hybridized carbons (Fsp3) is 0.500. The van der Waals surface area contributed by atoms with E-state index in [2.05, 4.69) is 20.8 Å². The summed E-state index contributed by atoms with van der Waals surface area (Å²) in [6.07, 6.45) is 0. The van der Waals surface area contributed by atoms with E-state index in [1.54, 1.807) is 13.2 Å². The molecule has 1 aromatic carbocycles. The maximum Gasteiger partial charge on any atom is 0.142 e. The average molecular weight is 325 g/mol. The highest BCUT2D eigenvalue weighted by molar-refractivity contribution is 9.09. The van der Waals surface area contributed by atoms with Gasteiger partial charge in [-0.2, -0.15) is 0 Å². The van der Waals surface area contributed by atoms with Crippen LogP contribution in [0.5, 0.6) is 0 Å². The zero-order chi connectivity index (χ0) is 12.7. The van der Waals surface area contributed by atoms with Gasteiger partial charge in [-0.25, -0.2) is 4.39 Å². The summed E-state index contributed by atoms with van der Waals surface area (Å²) >= 11 is 9.05. The second kappa shape index (κ2) is 8.03. The predicted molar refractivity (Wildman–Crippen MR) is 72.4 cm³/mol.